The lowest BCUT2D eigenvalue weighted by molar-refractivity contribution is -0.138. The maximum absolute atomic E-state index is 13.7. The Balaban J connectivity index is 1.13. The number of H-pyrrole nitrogens is 2. The number of aromatic nitrogens is 3. The number of alkyl carbamates (subject to hydrolysis) is 2. The maximum Gasteiger partial charge on any atom is 0.407 e. The number of likely N-dealkylation sites (tertiary alicyclic amines) is 2. The molecule has 2 aliphatic heterocycles. The van der Waals surface area contributed by atoms with Crippen molar-refractivity contribution in [3.05, 3.63) is 77.3 Å². The van der Waals surface area contributed by atoms with Crippen LogP contribution in [0.3, 0.4) is 0 Å². The minimum atomic E-state index is -0.908. The van der Waals surface area contributed by atoms with Gasteiger partial charge in [-0.05, 0) is 67.9 Å². The van der Waals surface area contributed by atoms with E-state index in [2.05, 4.69) is 25.6 Å². The lowest BCUT2D eigenvalue weighted by Gasteiger charge is -2.31. The zero-order valence-corrected chi connectivity index (χ0v) is 33.7. The number of hydrogen-bond acceptors (Lipinski definition) is 9. The van der Waals surface area contributed by atoms with Crippen LogP contribution in [0.15, 0.2) is 60.8 Å². The van der Waals surface area contributed by atoms with Crippen LogP contribution >= 0.6 is 11.6 Å². The Hall–Kier alpha value is -5.38. The van der Waals surface area contributed by atoms with Crippen LogP contribution in [0.5, 0.6) is 0 Å². The van der Waals surface area contributed by atoms with Crippen molar-refractivity contribution >= 4 is 35.6 Å². The topological polar surface area (TPSA) is 180 Å². The molecule has 0 aliphatic carbocycles. The lowest BCUT2D eigenvalue weighted by atomic mass is 10.0. The highest BCUT2D eigenvalue weighted by atomic mass is 35.5. The van der Waals surface area contributed by atoms with Crippen molar-refractivity contribution in [2.24, 2.45) is 0 Å². The molecule has 2 aromatic heterocycles. The molecule has 0 saturated carbocycles. The third-order valence-corrected chi connectivity index (χ3v) is 11.3. The monoisotopic (exact) mass is 803 g/mol. The SMILES string of the molecule is COC(=O)N[C@H](C(=O)N1CCC[C@H]1c1cc(Cl)c(-c2ccc(-c3ccc(-c4cnc([C@@H]5CCCN5C(=O)[C@@H](NC(=O)OC)[C@@H](C)OC)[nH]4)cc3)cc2)[nH]1)[C@@H](C)OC. The molecule has 304 valence electrons. The molecule has 15 nitrogen and oxygen atoms in total. The molecule has 2 aromatic carbocycles. The zero-order valence-electron chi connectivity index (χ0n) is 33.0. The van der Waals surface area contributed by atoms with Gasteiger partial charge in [0.2, 0.25) is 11.8 Å². The molecule has 4 N–H and O–H groups in total. The van der Waals surface area contributed by atoms with E-state index < -0.39 is 36.5 Å². The predicted octanol–water partition coefficient (Wildman–Crippen LogP) is 6.24. The van der Waals surface area contributed by atoms with Gasteiger partial charge in [-0.1, -0.05) is 60.1 Å². The third-order valence-electron chi connectivity index (χ3n) is 11.0. The number of amides is 4. The molecule has 57 heavy (non-hydrogen) atoms. The highest BCUT2D eigenvalue weighted by molar-refractivity contribution is 6.33. The molecule has 0 spiro atoms. The van der Waals surface area contributed by atoms with E-state index in [0.29, 0.717) is 23.9 Å². The van der Waals surface area contributed by atoms with Gasteiger partial charge in [0.05, 0.1) is 61.1 Å². The van der Waals surface area contributed by atoms with Gasteiger partial charge in [-0.3, -0.25) is 9.59 Å². The second kappa shape index (κ2) is 18.3. The largest absolute Gasteiger partial charge is 0.453 e. The summed E-state index contributed by atoms with van der Waals surface area (Å²) in [7, 11) is 5.49. The molecule has 4 heterocycles. The van der Waals surface area contributed by atoms with Gasteiger partial charge in [-0.25, -0.2) is 14.6 Å². The normalized spacial score (nSPS) is 18.8. The summed E-state index contributed by atoms with van der Waals surface area (Å²) in [5, 5.41) is 5.78. The molecular weight excluding hydrogens is 754 g/mol. The summed E-state index contributed by atoms with van der Waals surface area (Å²) in [5.41, 5.74) is 6.27. The Labute approximate surface area is 336 Å². The van der Waals surface area contributed by atoms with E-state index in [4.69, 9.17) is 30.5 Å². The van der Waals surface area contributed by atoms with Gasteiger partial charge in [0.25, 0.3) is 0 Å². The quantitative estimate of drug-likeness (QED) is 0.122. The Morgan fingerprint density at radius 3 is 1.70 bits per heavy atom. The van der Waals surface area contributed by atoms with E-state index in [1.54, 1.807) is 29.8 Å². The number of carbonyl (C=O) groups is 4. The highest BCUT2D eigenvalue weighted by Crippen LogP contribution is 2.38. The number of halogens is 1. The van der Waals surface area contributed by atoms with Gasteiger partial charge < -0.3 is 49.3 Å². The summed E-state index contributed by atoms with van der Waals surface area (Å²) in [6.45, 7) is 4.53. The first kappa shape index (κ1) is 41.3. The molecule has 4 amide bonds. The predicted molar refractivity (Wildman–Crippen MR) is 213 cm³/mol. The Morgan fingerprint density at radius 2 is 1.19 bits per heavy atom. The Morgan fingerprint density at radius 1 is 0.719 bits per heavy atom. The van der Waals surface area contributed by atoms with Crippen LogP contribution < -0.4 is 10.6 Å². The van der Waals surface area contributed by atoms with Gasteiger partial charge in [-0.15, -0.1) is 0 Å². The first-order chi connectivity index (χ1) is 27.5. The molecule has 0 bridgehead atoms. The molecule has 16 heteroatoms. The number of methoxy groups -OCH3 is 4. The van der Waals surface area contributed by atoms with Crippen LogP contribution in [0.4, 0.5) is 9.59 Å². The first-order valence-electron chi connectivity index (χ1n) is 19.0. The zero-order chi connectivity index (χ0) is 40.8. The van der Waals surface area contributed by atoms with Crippen LogP contribution in [0.2, 0.25) is 5.02 Å². The van der Waals surface area contributed by atoms with Gasteiger partial charge in [0.1, 0.15) is 17.9 Å². The van der Waals surface area contributed by atoms with Crippen molar-refractivity contribution in [2.75, 3.05) is 41.5 Å². The van der Waals surface area contributed by atoms with Crippen LogP contribution in [0, 0.1) is 0 Å². The van der Waals surface area contributed by atoms with E-state index in [0.717, 1.165) is 65.0 Å². The average Bonchev–Trinajstić information content (AvgIpc) is 4.08. The molecule has 0 unspecified atom stereocenters. The van der Waals surface area contributed by atoms with Crippen molar-refractivity contribution in [1.29, 1.82) is 0 Å². The molecule has 4 aromatic rings. The highest BCUT2D eigenvalue weighted by Gasteiger charge is 2.40. The van der Waals surface area contributed by atoms with E-state index in [-0.39, 0.29) is 23.9 Å². The van der Waals surface area contributed by atoms with Crippen molar-refractivity contribution in [2.45, 2.75) is 75.9 Å². The summed E-state index contributed by atoms with van der Waals surface area (Å²) < 4.78 is 20.3. The van der Waals surface area contributed by atoms with E-state index in [1.807, 2.05) is 54.6 Å². The molecule has 6 rings (SSSR count). The van der Waals surface area contributed by atoms with Crippen molar-refractivity contribution in [1.82, 2.24) is 35.4 Å². The second-order valence-electron chi connectivity index (χ2n) is 14.3. The fourth-order valence-corrected chi connectivity index (χ4v) is 7.87. The van der Waals surface area contributed by atoms with E-state index >= 15 is 0 Å². The number of ether oxygens (including phenoxy) is 4. The fraction of sp³-hybridized carbons (Fsp3) is 0.439. The molecule has 2 fully saturated rings. The average molecular weight is 804 g/mol. The van der Waals surface area contributed by atoms with Crippen molar-refractivity contribution < 1.29 is 38.1 Å². The molecule has 0 radical (unpaired) electrons. The number of rotatable bonds is 13. The minimum Gasteiger partial charge on any atom is -0.453 e. The first-order valence-corrected chi connectivity index (χ1v) is 19.4. The summed E-state index contributed by atoms with van der Waals surface area (Å²) in [6, 6.07) is 15.8. The van der Waals surface area contributed by atoms with Gasteiger partial charge in [0, 0.05) is 33.0 Å². The van der Waals surface area contributed by atoms with Gasteiger partial charge in [-0.2, -0.15) is 0 Å². The number of imidazole rings is 1. The molecule has 6 atom stereocenters. The minimum absolute atomic E-state index is 0.245. The van der Waals surface area contributed by atoms with E-state index in [1.165, 1.54) is 28.4 Å². The number of aromatic amines is 2. The number of nitrogens with one attached hydrogen (secondary N) is 4. The maximum atomic E-state index is 13.7. The third kappa shape index (κ3) is 8.95. The number of carbonyl (C=O) groups excluding carboxylic acids is 4. The number of nitrogens with zero attached hydrogens (tertiary/aromatic N) is 3. The summed E-state index contributed by atoms with van der Waals surface area (Å²) in [5.74, 6) is 0.170. The summed E-state index contributed by atoms with van der Waals surface area (Å²) in [4.78, 5) is 66.4. The Kier molecular flexibility index (Phi) is 13.2. The molecule has 2 aliphatic rings. The summed E-state index contributed by atoms with van der Waals surface area (Å²) in [6.07, 6.45) is 2.33. The van der Waals surface area contributed by atoms with Crippen LogP contribution in [0.25, 0.3) is 33.6 Å². The lowest BCUT2D eigenvalue weighted by Crippen LogP contribution is -2.54. The van der Waals surface area contributed by atoms with Crippen LogP contribution in [0.1, 0.15) is 63.1 Å². The van der Waals surface area contributed by atoms with Gasteiger partial charge in [0.15, 0.2) is 0 Å². The second-order valence-corrected chi connectivity index (χ2v) is 14.7. The van der Waals surface area contributed by atoms with Crippen LogP contribution in [-0.2, 0) is 28.5 Å². The standard InChI is InChI=1S/C41H50ClN7O8/c1-23(54-3)34(46-40(52)56-5)38(50)48-19-7-9-32(48)30-21-29(42)36(44-30)28-17-13-26(14-18-28)25-11-15-27(16-12-25)31-22-43-37(45-31)33-10-8-20-49(33)39(51)35(24(2)55-4)47-41(53)57-6/h11-18,21-24,32-35,44H,7-10,19-20H2,1-6H3,(H,43,45)(H,46,52)(H,47,53)/t23-,24-,32+,33+,34+,35+/m1/s1. The smallest absolute Gasteiger partial charge is 0.407 e. The number of benzene rings is 2. The van der Waals surface area contributed by atoms with Crippen molar-refractivity contribution in [3.63, 3.8) is 0 Å². The molecular formula is C41H50ClN7O8. The molecule has 2 saturated heterocycles. The van der Waals surface area contributed by atoms with Gasteiger partial charge >= 0.3 is 12.2 Å². The fourth-order valence-electron chi connectivity index (χ4n) is 7.59. The van der Waals surface area contributed by atoms with Crippen molar-refractivity contribution in [3.8, 4) is 33.6 Å². The summed E-state index contributed by atoms with van der Waals surface area (Å²) >= 11 is 6.78. The number of hydrogen-bond donors (Lipinski definition) is 4. The Bertz CT molecular complexity index is 2030. The van der Waals surface area contributed by atoms with Crippen LogP contribution in [-0.4, -0.2) is 115 Å². The van der Waals surface area contributed by atoms with E-state index in [9.17, 15) is 19.2 Å².